The van der Waals surface area contributed by atoms with Crippen molar-refractivity contribution in [1.82, 2.24) is 9.88 Å². The van der Waals surface area contributed by atoms with Gasteiger partial charge in [0.25, 0.3) is 0 Å². The van der Waals surface area contributed by atoms with E-state index in [-0.39, 0.29) is 10.8 Å². The number of phenolic OH excluding ortho intramolecular Hbond substituents is 1. The Morgan fingerprint density at radius 2 is 1.76 bits per heavy atom. The SMILES string of the molecule is CCC.CN(CCc1ccncc1)Cc1cc(Cl)c(O)cc1F.CS. The lowest BCUT2D eigenvalue weighted by molar-refractivity contribution is 0.325. The van der Waals surface area contributed by atoms with Gasteiger partial charge in [-0.2, -0.15) is 12.6 Å². The van der Waals surface area contributed by atoms with E-state index in [9.17, 15) is 9.50 Å². The quantitative estimate of drug-likeness (QED) is 0.692. The van der Waals surface area contributed by atoms with Crippen molar-refractivity contribution in [2.24, 2.45) is 0 Å². The first-order chi connectivity index (χ1) is 12.0. The van der Waals surface area contributed by atoms with E-state index in [0.29, 0.717) is 12.1 Å². The number of hydrogen-bond acceptors (Lipinski definition) is 4. The van der Waals surface area contributed by atoms with Crippen molar-refractivity contribution >= 4 is 24.2 Å². The standard InChI is InChI=1S/C15H16ClFN2O.C3H8.CH4S/c1-19(7-4-11-2-5-18-6-3-11)10-12-8-13(16)15(20)9-14(12)17;1-3-2;1-2/h2-3,5-6,8-9,20H,4,7,10H2,1H3;3H2,1-2H3;2H,1H3. The van der Waals surface area contributed by atoms with Crippen molar-refractivity contribution in [2.75, 3.05) is 19.8 Å². The van der Waals surface area contributed by atoms with Gasteiger partial charge in [-0.25, -0.2) is 4.39 Å². The summed E-state index contributed by atoms with van der Waals surface area (Å²) < 4.78 is 13.7. The lowest BCUT2D eigenvalue weighted by Crippen LogP contribution is -2.21. The number of phenols is 1. The van der Waals surface area contributed by atoms with Gasteiger partial charge in [0, 0.05) is 37.1 Å². The van der Waals surface area contributed by atoms with Crippen LogP contribution in [-0.4, -0.2) is 34.8 Å². The van der Waals surface area contributed by atoms with E-state index in [1.54, 1.807) is 18.6 Å². The van der Waals surface area contributed by atoms with Crippen LogP contribution in [0, 0.1) is 5.82 Å². The fourth-order valence-electron chi connectivity index (χ4n) is 1.94. The van der Waals surface area contributed by atoms with E-state index in [1.807, 2.05) is 24.1 Å². The molecule has 25 heavy (non-hydrogen) atoms. The van der Waals surface area contributed by atoms with Crippen molar-refractivity contribution in [3.63, 3.8) is 0 Å². The third-order valence-electron chi connectivity index (χ3n) is 3.09. The Bertz CT molecular complexity index is 599. The van der Waals surface area contributed by atoms with Crippen LogP contribution in [0.25, 0.3) is 0 Å². The minimum Gasteiger partial charge on any atom is -0.506 e. The lowest BCUT2D eigenvalue weighted by atomic mass is 10.1. The summed E-state index contributed by atoms with van der Waals surface area (Å²) in [5.41, 5.74) is 1.67. The molecule has 0 saturated heterocycles. The summed E-state index contributed by atoms with van der Waals surface area (Å²) in [5, 5.41) is 9.49. The molecule has 1 heterocycles. The molecule has 1 N–H and O–H groups in total. The Morgan fingerprint density at radius 1 is 1.20 bits per heavy atom. The molecule has 0 fully saturated rings. The predicted molar refractivity (Wildman–Crippen MR) is 108 cm³/mol. The molecule has 0 amide bonds. The van der Waals surface area contributed by atoms with Gasteiger partial charge in [0.2, 0.25) is 0 Å². The smallest absolute Gasteiger partial charge is 0.137 e. The molecule has 0 saturated carbocycles. The van der Waals surface area contributed by atoms with Crippen molar-refractivity contribution in [3.05, 3.63) is 58.6 Å². The van der Waals surface area contributed by atoms with Crippen LogP contribution in [0.5, 0.6) is 5.75 Å². The number of likely N-dealkylation sites (N-methyl/N-ethyl adjacent to an activating group) is 1. The van der Waals surface area contributed by atoms with E-state index in [4.69, 9.17) is 11.6 Å². The zero-order valence-electron chi connectivity index (χ0n) is 15.3. The molecular weight excluding hydrogens is 359 g/mol. The molecule has 0 radical (unpaired) electrons. The van der Waals surface area contributed by atoms with Gasteiger partial charge in [-0.15, -0.1) is 0 Å². The minimum absolute atomic E-state index is 0.170. The number of pyridine rings is 1. The first-order valence-corrected chi connectivity index (χ1v) is 9.44. The molecular formula is C19H28ClFN2OS. The molecule has 2 aromatic rings. The maximum absolute atomic E-state index is 13.7. The molecule has 0 unspecified atom stereocenters. The Kier molecular flexibility index (Phi) is 13.2. The molecule has 2 rings (SSSR count). The van der Waals surface area contributed by atoms with Gasteiger partial charge >= 0.3 is 0 Å². The van der Waals surface area contributed by atoms with E-state index < -0.39 is 5.82 Å². The molecule has 1 aromatic carbocycles. The summed E-state index contributed by atoms with van der Waals surface area (Å²) in [5.74, 6) is -0.671. The minimum atomic E-state index is -0.442. The summed E-state index contributed by atoms with van der Waals surface area (Å²) in [6.07, 6.45) is 7.33. The monoisotopic (exact) mass is 386 g/mol. The molecule has 1 aromatic heterocycles. The highest BCUT2D eigenvalue weighted by Crippen LogP contribution is 2.26. The number of aromatic hydroxyl groups is 1. The highest BCUT2D eigenvalue weighted by molar-refractivity contribution is 7.79. The molecule has 0 aliphatic heterocycles. The van der Waals surface area contributed by atoms with Crippen molar-refractivity contribution < 1.29 is 9.50 Å². The fraction of sp³-hybridized carbons (Fsp3) is 0.421. The maximum Gasteiger partial charge on any atom is 0.137 e. The van der Waals surface area contributed by atoms with Crippen LogP contribution in [0.3, 0.4) is 0 Å². The highest BCUT2D eigenvalue weighted by Gasteiger charge is 2.10. The van der Waals surface area contributed by atoms with Crippen LogP contribution >= 0.6 is 24.2 Å². The third kappa shape index (κ3) is 9.68. The van der Waals surface area contributed by atoms with Crippen LogP contribution in [0.2, 0.25) is 5.02 Å². The molecule has 0 spiro atoms. The number of hydrogen-bond donors (Lipinski definition) is 2. The Morgan fingerprint density at radius 3 is 2.32 bits per heavy atom. The van der Waals surface area contributed by atoms with E-state index in [1.165, 1.54) is 18.1 Å². The average Bonchev–Trinajstić information content (AvgIpc) is 2.61. The summed E-state index contributed by atoms with van der Waals surface area (Å²) in [7, 11) is 1.92. The van der Waals surface area contributed by atoms with Crippen LogP contribution in [-0.2, 0) is 13.0 Å². The number of thiol groups is 1. The second kappa shape index (κ2) is 13.9. The second-order valence-corrected chi connectivity index (χ2v) is 5.85. The number of rotatable bonds is 5. The summed E-state index contributed by atoms with van der Waals surface area (Å²) in [6, 6.07) is 6.45. The van der Waals surface area contributed by atoms with Gasteiger partial charge in [0.1, 0.15) is 11.6 Å². The molecule has 140 valence electrons. The van der Waals surface area contributed by atoms with Crippen LogP contribution in [0.15, 0.2) is 36.7 Å². The third-order valence-corrected chi connectivity index (χ3v) is 3.39. The normalized spacial score (nSPS) is 9.76. The summed E-state index contributed by atoms with van der Waals surface area (Å²) in [6.45, 7) is 5.48. The highest BCUT2D eigenvalue weighted by atomic mass is 35.5. The van der Waals surface area contributed by atoms with Gasteiger partial charge in [-0.05, 0) is 43.5 Å². The van der Waals surface area contributed by atoms with E-state index in [0.717, 1.165) is 19.0 Å². The van der Waals surface area contributed by atoms with Crippen LogP contribution in [0.1, 0.15) is 31.4 Å². The molecule has 3 nitrogen and oxygen atoms in total. The molecule has 0 aliphatic carbocycles. The van der Waals surface area contributed by atoms with Crippen LogP contribution < -0.4 is 0 Å². The fourth-order valence-corrected chi connectivity index (χ4v) is 2.12. The van der Waals surface area contributed by atoms with Crippen molar-refractivity contribution in [1.29, 1.82) is 0 Å². The zero-order chi connectivity index (χ0) is 19.2. The summed E-state index contributed by atoms with van der Waals surface area (Å²) >= 11 is 9.33. The first-order valence-electron chi connectivity index (χ1n) is 8.16. The van der Waals surface area contributed by atoms with Crippen molar-refractivity contribution in [3.8, 4) is 5.75 Å². The Hall–Kier alpha value is -1.30. The number of aromatic nitrogens is 1. The lowest BCUT2D eigenvalue weighted by Gasteiger charge is -2.17. The predicted octanol–water partition coefficient (Wildman–Crippen LogP) is 5.22. The number of halogens is 2. The Labute approximate surface area is 161 Å². The topological polar surface area (TPSA) is 36.4 Å². The van der Waals surface area contributed by atoms with Gasteiger partial charge in [0.15, 0.2) is 0 Å². The van der Waals surface area contributed by atoms with E-state index in [2.05, 4.69) is 31.5 Å². The van der Waals surface area contributed by atoms with Crippen molar-refractivity contribution in [2.45, 2.75) is 33.2 Å². The second-order valence-electron chi connectivity index (χ2n) is 5.45. The summed E-state index contributed by atoms with van der Waals surface area (Å²) in [4.78, 5) is 5.97. The number of nitrogens with zero attached hydrogens (tertiary/aromatic N) is 2. The maximum atomic E-state index is 13.7. The Balaban J connectivity index is 0.00000104. The van der Waals surface area contributed by atoms with Gasteiger partial charge in [-0.1, -0.05) is 31.9 Å². The molecule has 0 bridgehead atoms. The molecule has 0 atom stereocenters. The van der Waals surface area contributed by atoms with Crippen LogP contribution in [0.4, 0.5) is 4.39 Å². The molecule has 6 heteroatoms. The first kappa shape index (κ1) is 23.7. The largest absolute Gasteiger partial charge is 0.506 e. The van der Waals surface area contributed by atoms with Gasteiger partial charge < -0.3 is 10.0 Å². The molecule has 0 aliphatic rings. The van der Waals surface area contributed by atoms with E-state index >= 15 is 0 Å². The zero-order valence-corrected chi connectivity index (χ0v) is 17.0. The van der Waals surface area contributed by atoms with Gasteiger partial charge in [-0.3, -0.25) is 4.98 Å². The van der Waals surface area contributed by atoms with Gasteiger partial charge in [0.05, 0.1) is 5.02 Å². The number of benzene rings is 1. The average molecular weight is 387 g/mol.